The molecule has 3 N–H and O–H groups in total. The lowest BCUT2D eigenvalue weighted by Crippen LogP contribution is -2.50. The van der Waals surface area contributed by atoms with Crippen molar-refractivity contribution in [3.8, 4) is 0 Å². The van der Waals surface area contributed by atoms with E-state index in [2.05, 4.69) is 11.8 Å². The SMILES string of the molecule is CCC(N)C(c1ccc(Cl)s1)N(C)C(C)(C)CO. The number of nitrogens with zero attached hydrogens (tertiary/aromatic N) is 1. The Morgan fingerprint density at radius 3 is 2.50 bits per heavy atom. The largest absolute Gasteiger partial charge is 0.394 e. The van der Waals surface area contributed by atoms with Gasteiger partial charge in [0.25, 0.3) is 0 Å². The van der Waals surface area contributed by atoms with Gasteiger partial charge < -0.3 is 10.8 Å². The second-order valence-corrected chi connectivity index (χ2v) is 6.99. The first kappa shape index (κ1) is 15.9. The normalized spacial score (nSPS) is 16.0. The van der Waals surface area contributed by atoms with Crippen LogP contribution in [0.3, 0.4) is 0 Å². The van der Waals surface area contributed by atoms with Crippen LogP contribution in [-0.4, -0.2) is 35.2 Å². The van der Waals surface area contributed by atoms with E-state index in [1.807, 2.05) is 33.0 Å². The highest BCUT2D eigenvalue weighted by Crippen LogP contribution is 2.35. The van der Waals surface area contributed by atoms with Gasteiger partial charge in [0.05, 0.1) is 17.0 Å². The molecule has 0 aliphatic rings. The van der Waals surface area contributed by atoms with Gasteiger partial charge in [0.1, 0.15) is 0 Å². The molecular formula is C13H23ClN2OS. The number of halogens is 1. The van der Waals surface area contributed by atoms with E-state index in [1.165, 1.54) is 0 Å². The lowest BCUT2D eigenvalue weighted by Gasteiger charge is -2.42. The van der Waals surface area contributed by atoms with E-state index in [0.717, 1.165) is 15.6 Å². The Hall–Kier alpha value is -0.130. The van der Waals surface area contributed by atoms with Gasteiger partial charge in [-0.25, -0.2) is 0 Å². The lowest BCUT2D eigenvalue weighted by molar-refractivity contribution is 0.0358. The fourth-order valence-electron chi connectivity index (χ4n) is 1.89. The highest BCUT2D eigenvalue weighted by molar-refractivity contribution is 7.16. The molecule has 18 heavy (non-hydrogen) atoms. The van der Waals surface area contributed by atoms with Crippen molar-refractivity contribution in [3.05, 3.63) is 21.3 Å². The fraction of sp³-hybridized carbons (Fsp3) is 0.692. The number of hydrogen-bond donors (Lipinski definition) is 2. The molecule has 0 bridgehead atoms. The highest BCUT2D eigenvalue weighted by Gasteiger charge is 2.33. The maximum absolute atomic E-state index is 9.51. The Kier molecular flexibility index (Phi) is 5.62. The molecule has 0 spiro atoms. The zero-order valence-electron chi connectivity index (χ0n) is 11.5. The molecule has 0 radical (unpaired) electrons. The molecule has 2 atom stereocenters. The Balaban J connectivity index is 3.06. The minimum atomic E-state index is -0.312. The predicted octanol–water partition coefficient (Wildman–Crippen LogP) is 2.88. The minimum absolute atomic E-state index is 0.0236. The Morgan fingerprint density at radius 2 is 2.11 bits per heavy atom. The van der Waals surface area contributed by atoms with E-state index in [9.17, 15) is 5.11 Å². The molecule has 0 aliphatic heterocycles. The zero-order valence-corrected chi connectivity index (χ0v) is 13.1. The lowest BCUT2D eigenvalue weighted by atomic mass is 9.96. The van der Waals surface area contributed by atoms with Crippen LogP contribution in [0.2, 0.25) is 4.34 Å². The van der Waals surface area contributed by atoms with E-state index in [4.69, 9.17) is 17.3 Å². The molecule has 1 aromatic rings. The molecule has 1 heterocycles. The van der Waals surface area contributed by atoms with Crippen LogP contribution in [0.4, 0.5) is 0 Å². The van der Waals surface area contributed by atoms with Crippen molar-refractivity contribution in [2.24, 2.45) is 5.73 Å². The zero-order chi connectivity index (χ0) is 13.9. The quantitative estimate of drug-likeness (QED) is 0.847. The summed E-state index contributed by atoms with van der Waals surface area (Å²) in [5, 5.41) is 9.51. The van der Waals surface area contributed by atoms with Crippen molar-refractivity contribution in [3.63, 3.8) is 0 Å². The molecule has 1 rings (SSSR count). The molecule has 3 nitrogen and oxygen atoms in total. The fourth-order valence-corrected chi connectivity index (χ4v) is 3.17. The molecular weight excluding hydrogens is 268 g/mol. The van der Waals surface area contributed by atoms with Crippen molar-refractivity contribution in [1.29, 1.82) is 0 Å². The summed E-state index contributed by atoms with van der Waals surface area (Å²) in [5.41, 5.74) is 5.94. The van der Waals surface area contributed by atoms with Gasteiger partial charge in [-0.2, -0.15) is 0 Å². The maximum atomic E-state index is 9.51. The third-order valence-electron chi connectivity index (χ3n) is 3.52. The van der Waals surface area contributed by atoms with E-state index >= 15 is 0 Å². The molecule has 0 aromatic carbocycles. The van der Waals surface area contributed by atoms with Crippen LogP contribution in [0.25, 0.3) is 0 Å². The molecule has 5 heteroatoms. The number of nitrogens with two attached hydrogens (primary N) is 1. The predicted molar refractivity (Wildman–Crippen MR) is 79.3 cm³/mol. The molecule has 0 saturated heterocycles. The smallest absolute Gasteiger partial charge is 0.0931 e. The van der Waals surface area contributed by atoms with Gasteiger partial charge in [0, 0.05) is 16.5 Å². The van der Waals surface area contributed by atoms with E-state index < -0.39 is 0 Å². The second-order valence-electron chi connectivity index (χ2n) is 5.24. The second kappa shape index (κ2) is 6.35. The van der Waals surface area contributed by atoms with Crippen LogP contribution in [0.5, 0.6) is 0 Å². The van der Waals surface area contributed by atoms with Gasteiger partial charge in [-0.15, -0.1) is 11.3 Å². The van der Waals surface area contributed by atoms with Crippen molar-refractivity contribution in [2.45, 2.75) is 44.8 Å². The molecule has 0 fully saturated rings. The topological polar surface area (TPSA) is 49.5 Å². The van der Waals surface area contributed by atoms with Crippen molar-refractivity contribution in [1.82, 2.24) is 4.90 Å². The summed E-state index contributed by atoms with van der Waals surface area (Å²) in [6, 6.07) is 4.03. The summed E-state index contributed by atoms with van der Waals surface area (Å²) >= 11 is 7.57. The summed E-state index contributed by atoms with van der Waals surface area (Å²) in [6.45, 7) is 6.19. The summed E-state index contributed by atoms with van der Waals surface area (Å²) in [7, 11) is 2.00. The summed E-state index contributed by atoms with van der Waals surface area (Å²) in [6.07, 6.45) is 0.881. The van der Waals surface area contributed by atoms with Crippen LogP contribution >= 0.6 is 22.9 Å². The van der Waals surface area contributed by atoms with Crippen molar-refractivity contribution < 1.29 is 5.11 Å². The monoisotopic (exact) mass is 290 g/mol. The summed E-state index contributed by atoms with van der Waals surface area (Å²) in [4.78, 5) is 3.29. The van der Waals surface area contributed by atoms with Crippen LogP contribution in [0, 0.1) is 0 Å². The molecule has 0 aliphatic carbocycles. The molecule has 0 amide bonds. The number of hydrogen-bond acceptors (Lipinski definition) is 4. The first-order chi connectivity index (χ1) is 8.33. The van der Waals surface area contributed by atoms with Gasteiger partial charge in [-0.3, -0.25) is 4.90 Å². The molecule has 1 aromatic heterocycles. The summed E-state index contributed by atoms with van der Waals surface area (Å²) in [5.74, 6) is 0. The third-order valence-corrected chi connectivity index (χ3v) is 4.82. The van der Waals surface area contributed by atoms with Gasteiger partial charge in [-0.05, 0) is 39.4 Å². The Labute approximate surface area is 119 Å². The van der Waals surface area contributed by atoms with Crippen LogP contribution < -0.4 is 5.73 Å². The van der Waals surface area contributed by atoms with E-state index in [-0.39, 0.29) is 24.2 Å². The third kappa shape index (κ3) is 3.45. The Morgan fingerprint density at radius 1 is 1.50 bits per heavy atom. The number of likely N-dealkylation sites (N-methyl/N-ethyl adjacent to an activating group) is 1. The summed E-state index contributed by atoms with van der Waals surface area (Å²) < 4.78 is 0.772. The average Bonchev–Trinajstić information content (AvgIpc) is 2.75. The molecule has 104 valence electrons. The van der Waals surface area contributed by atoms with Crippen molar-refractivity contribution >= 4 is 22.9 Å². The van der Waals surface area contributed by atoms with Crippen LogP contribution in [0.1, 0.15) is 38.1 Å². The average molecular weight is 291 g/mol. The van der Waals surface area contributed by atoms with Gasteiger partial charge in [-0.1, -0.05) is 18.5 Å². The highest BCUT2D eigenvalue weighted by atomic mass is 35.5. The standard InChI is InChI=1S/C13H23ClN2OS/c1-5-9(15)12(10-6-7-11(14)18-10)16(4)13(2,3)8-17/h6-7,9,12,17H,5,8,15H2,1-4H3. The maximum Gasteiger partial charge on any atom is 0.0931 e. The van der Waals surface area contributed by atoms with Crippen molar-refractivity contribution in [2.75, 3.05) is 13.7 Å². The minimum Gasteiger partial charge on any atom is -0.394 e. The first-order valence-corrected chi connectivity index (χ1v) is 7.37. The number of thiophene rings is 1. The van der Waals surface area contributed by atoms with Gasteiger partial charge in [0.15, 0.2) is 0 Å². The van der Waals surface area contributed by atoms with Gasteiger partial charge in [0.2, 0.25) is 0 Å². The van der Waals surface area contributed by atoms with E-state index in [0.29, 0.717) is 0 Å². The molecule has 0 saturated carbocycles. The first-order valence-electron chi connectivity index (χ1n) is 6.18. The number of aliphatic hydroxyl groups excluding tert-OH is 1. The van der Waals surface area contributed by atoms with Gasteiger partial charge >= 0.3 is 0 Å². The number of rotatable bonds is 6. The van der Waals surface area contributed by atoms with Crippen LogP contribution in [0.15, 0.2) is 12.1 Å². The number of aliphatic hydroxyl groups is 1. The van der Waals surface area contributed by atoms with Crippen LogP contribution in [-0.2, 0) is 0 Å². The Bertz CT molecular complexity index is 381. The molecule has 2 unspecified atom stereocenters. The van der Waals surface area contributed by atoms with E-state index in [1.54, 1.807) is 11.3 Å².